The minimum atomic E-state index is -0.145. The topological polar surface area (TPSA) is 63.1 Å². The van der Waals surface area contributed by atoms with Gasteiger partial charge in [-0.3, -0.25) is 9.69 Å². The van der Waals surface area contributed by atoms with Gasteiger partial charge in [-0.15, -0.1) is 10.2 Å². The summed E-state index contributed by atoms with van der Waals surface area (Å²) < 4.78 is 2.18. The number of fused-ring (bicyclic) bond motifs is 1. The number of amides is 1. The lowest BCUT2D eigenvalue weighted by Gasteiger charge is -2.20. The summed E-state index contributed by atoms with van der Waals surface area (Å²) in [5.41, 5.74) is 3.80. The van der Waals surface area contributed by atoms with Gasteiger partial charge in [0.25, 0.3) is 0 Å². The predicted octanol–water partition coefficient (Wildman–Crippen LogP) is 3.84. The number of carbonyl (C=O) groups is 1. The van der Waals surface area contributed by atoms with Gasteiger partial charge in [-0.25, -0.2) is 0 Å². The van der Waals surface area contributed by atoms with Crippen molar-refractivity contribution in [1.82, 2.24) is 25.0 Å². The number of nitrogens with one attached hydrogen (secondary N) is 1. The Balaban J connectivity index is 1.39. The molecule has 0 aliphatic carbocycles. The van der Waals surface area contributed by atoms with Gasteiger partial charge >= 0.3 is 0 Å². The van der Waals surface area contributed by atoms with E-state index in [0.29, 0.717) is 0 Å². The standard InChI is InChI=1S/C25H31N5O/c1-18(2)25(31)26-19(3)24-28-27-23-13-14-29(15-16-30(23)24)17-20-9-11-22(12-10-20)21-7-5-4-6-8-21/h4-12,18-19H,13-17H2,1-3H3,(H,26,31)/t19-/m1/s1. The lowest BCUT2D eigenvalue weighted by Crippen LogP contribution is -2.32. The van der Waals surface area contributed by atoms with Crippen LogP contribution < -0.4 is 5.32 Å². The van der Waals surface area contributed by atoms with Gasteiger partial charge < -0.3 is 9.88 Å². The Bertz CT molecular complexity index is 1010. The van der Waals surface area contributed by atoms with E-state index < -0.39 is 0 Å². The van der Waals surface area contributed by atoms with E-state index in [-0.39, 0.29) is 17.9 Å². The zero-order chi connectivity index (χ0) is 21.8. The zero-order valence-electron chi connectivity index (χ0n) is 18.6. The molecule has 0 bridgehead atoms. The van der Waals surface area contributed by atoms with Crippen LogP contribution in [0.3, 0.4) is 0 Å². The van der Waals surface area contributed by atoms with Crippen LogP contribution in [0.2, 0.25) is 0 Å². The van der Waals surface area contributed by atoms with E-state index in [1.165, 1.54) is 16.7 Å². The van der Waals surface area contributed by atoms with Crippen LogP contribution in [0.25, 0.3) is 11.1 Å². The molecule has 2 heterocycles. The van der Waals surface area contributed by atoms with Crippen LogP contribution in [0.1, 0.15) is 44.0 Å². The van der Waals surface area contributed by atoms with Crippen LogP contribution in [0.15, 0.2) is 54.6 Å². The summed E-state index contributed by atoms with van der Waals surface area (Å²) in [5.74, 6) is 1.84. The van der Waals surface area contributed by atoms with Crippen molar-refractivity contribution in [3.8, 4) is 11.1 Å². The van der Waals surface area contributed by atoms with Crippen molar-refractivity contribution in [1.29, 1.82) is 0 Å². The van der Waals surface area contributed by atoms with Crippen LogP contribution >= 0.6 is 0 Å². The van der Waals surface area contributed by atoms with Crippen molar-refractivity contribution < 1.29 is 4.79 Å². The van der Waals surface area contributed by atoms with Crippen molar-refractivity contribution in [3.05, 3.63) is 71.8 Å². The first-order chi connectivity index (χ1) is 15.0. The third-order valence-corrected chi connectivity index (χ3v) is 5.89. The predicted molar refractivity (Wildman–Crippen MR) is 122 cm³/mol. The summed E-state index contributed by atoms with van der Waals surface area (Å²) in [6.07, 6.45) is 0.861. The third kappa shape index (κ3) is 5.02. The Labute approximate surface area is 184 Å². The smallest absolute Gasteiger partial charge is 0.223 e. The second-order valence-corrected chi connectivity index (χ2v) is 8.60. The fraction of sp³-hybridized carbons (Fsp3) is 0.400. The molecule has 1 aliphatic heterocycles. The van der Waals surface area contributed by atoms with Gasteiger partial charge in [-0.05, 0) is 23.6 Å². The van der Waals surface area contributed by atoms with Crippen LogP contribution in [0.4, 0.5) is 0 Å². The van der Waals surface area contributed by atoms with E-state index in [2.05, 4.69) is 73.5 Å². The number of hydrogen-bond acceptors (Lipinski definition) is 4. The van der Waals surface area contributed by atoms with Crippen molar-refractivity contribution >= 4 is 5.91 Å². The minimum Gasteiger partial charge on any atom is -0.346 e. The highest BCUT2D eigenvalue weighted by atomic mass is 16.1. The minimum absolute atomic E-state index is 0.0408. The first kappa shape index (κ1) is 21.2. The van der Waals surface area contributed by atoms with Crippen molar-refractivity contribution in [3.63, 3.8) is 0 Å². The molecule has 0 saturated carbocycles. The molecular formula is C25H31N5O. The number of carbonyl (C=O) groups excluding carboxylic acids is 1. The molecule has 0 fully saturated rings. The highest BCUT2D eigenvalue weighted by Gasteiger charge is 2.23. The van der Waals surface area contributed by atoms with Crippen molar-refractivity contribution in [2.45, 2.75) is 46.3 Å². The molecule has 0 radical (unpaired) electrons. The Morgan fingerprint density at radius 2 is 1.65 bits per heavy atom. The average Bonchev–Trinajstić information content (AvgIpc) is 3.09. The van der Waals surface area contributed by atoms with E-state index in [1.54, 1.807) is 0 Å². The molecular weight excluding hydrogens is 386 g/mol. The van der Waals surface area contributed by atoms with Gasteiger partial charge in [-0.2, -0.15) is 0 Å². The van der Waals surface area contributed by atoms with E-state index in [9.17, 15) is 4.79 Å². The van der Waals surface area contributed by atoms with Crippen LogP contribution in [-0.4, -0.2) is 38.7 Å². The number of nitrogens with zero attached hydrogens (tertiary/aromatic N) is 4. The highest BCUT2D eigenvalue weighted by Crippen LogP contribution is 2.21. The quantitative estimate of drug-likeness (QED) is 0.662. The summed E-state index contributed by atoms with van der Waals surface area (Å²) in [7, 11) is 0. The first-order valence-electron chi connectivity index (χ1n) is 11.1. The molecule has 6 nitrogen and oxygen atoms in total. The zero-order valence-corrected chi connectivity index (χ0v) is 18.6. The Morgan fingerprint density at radius 3 is 2.35 bits per heavy atom. The molecule has 0 spiro atoms. The van der Waals surface area contributed by atoms with Gasteiger partial charge in [0, 0.05) is 38.5 Å². The molecule has 0 saturated heterocycles. The first-order valence-corrected chi connectivity index (χ1v) is 11.1. The van der Waals surface area contributed by atoms with Gasteiger partial charge in [0.2, 0.25) is 5.91 Å². The van der Waals surface area contributed by atoms with E-state index in [1.807, 2.05) is 26.8 Å². The lowest BCUT2D eigenvalue weighted by atomic mass is 10.0. The molecule has 1 aromatic heterocycles. The number of aromatic nitrogens is 3. The molecule has 6 heteroatoms. The van der Waals surface area contributed by atoms with Crippen molar-refractivity contribution in [2.24, 2.45) is 5.92 Å². The maximum absolute atomic E-state index is 12.1. The maximum Gasteiger partial charge on any atom is 0.223 e. The summed E-state index contributed by atoms with van der Waals surface area (Å²) >= 11 is 0. The fourth-order valence-corrected chi connectivity index (χ4v) is 4.00. The maximum atomic E-state index is 12.1. The molecule has 0 unspecified atom stereocenters. The largest absolute Gasteiger partial charge is 0.346 e. The van der Waals surface area contributed by atoms with Crippen molar-refractivity contribution in [2.75, 3.05) is 13.1 Å². The fourth-order valence-electron chi connectivity index (χ4n) is 4.00. The van der Waals surface area contributed by atoms with E-state index in [0.717, 1.165) is 44.2 Å². The summed E-state index contributed by atoms with van der Waals surface area (Å²) in [4.78, 5) is 14.5. The monoisotopic (exact) mass is 417 g/mol. The van der Waals surface area contributed by atoms with Gasteiger partial charge in [0.1, 0.15) is 5.82 Å². The second kappa shape index (κ2) is 9.43. The Kier molecular flexibility index (Phi) is 6.47. The van der Waals surface area contributed by atoms with Gasteiger partial charge in [0.05, 0.1) is 6.04 Å². The third-order valence-electron chi connectivity index (χ3n) is 5.89. The van der Waals surface area contributed by atoms with E-state index >= 15 is 0 Å². The molecule has 31 heavy (non-hydrogen) atoms. The Hall–Kier alpha value is -2.99. The van der Waals surface area contributed by atoms with Crippen LogP contribution in [-0.2, 0) is 24.3 Å². The molecule has 162 valence electrons. The Morgan fingerprint density at radius 1 is 0.935 bits per heavy atom. The highest BCUT2D eigenvalue weighted by molar-refractivity contribution is 5.78. The normalized spacial score (nSPS) is 15.4. The summed E-state index contributed by atoms with van der Waals surface area (Å²) in [6, 6.07) is 19.2. The molecule has 1 atom stereocenters. The number of hydrogen-bond donors (Lipinski definition) is 1. The van der Waals surface area contributed by atoms with Gasteiger partial charge in [0.15, 0.2) is 5.82 Å². The molecule has 1 N–H and O–H groups in total. The molecule has 1 aliphatic rings. The summed E-state index contributed by atoms with van der Waals surface area (Å²) in [5, 5.41) is 11.8. The lowest BCUT2D eigenvalue weighted by molar-refractivity contribution is -0.124. The molecule has 4 rings (SSSR count). The summed E-state index contributed by atoms with van der Waals surface area (Å²) in [6.45, 7) is 9.42. The van der Waals surface area contributed by atoms with Crippen LogP contribution in [0, 0.1) is 5.92 Å². The number of rotatable bonds is 6. The van der Waals surface area contributed by atoms with Gasteiger partial charge in [-0.1, -0.05) is 68.4 Å². The van der Waals surface area contributed by atoms with E-state index in [4.69, 9.17) is 0 Å². The average molecular weight is 418 g/mol. The SMILES string of the molecule is CC(C)C(=O)N[C@H](C)c1nnc2n1CCN(Cc1ccc(-c3ccccc3)cc1)CC2. The second-order valence-electron chi connectivity index (χ2n) is 8.60. The molecule has 2 aromatic carbocycles. The molecule has 3 aromatic rings. The number of benzene rings is 2. The van der Waals surface area contributed by atoms with Crippen LogP contribution in [0.5, 0.6) is 0 Å². The molecule has 1 amide bonds.